The second-order valence-electron chi connectivity index (χ2n) is 4.85. The molecule has 0 aliphatic carbocycles. The summed E-state index contributed by atoms with van der Waals surface area (Å²) in [6.07, 6.45) is 6.87. The van der Waals surface area contributed by atoms with Crippen LogP contribution in [-0.2, 0) is 10.0 Å². The van der Waals surface area contributed by atoms with Gasteiger partial charge in [-0.05, 0) is 45.0 Å². The summed E-state index contributed by atoms with van der Waals surface area (Å²) >= 11 is 0. The molecule has 1 unspecified atom stereocenters. The van der Waals surface area contributed by atoms with Crippen LogP contribution in [0.15, 0.2) is 29.4 Å². The lowest BCUT2D eigenvalue weighted by Gasteiger charge is -2.34. The molecule has 0 radical (unpaired) electrons. The minimum Gasteiger partial charge on any atom is -0.320 e. The van der Waals surface area contributed by atoms with Crippen molar-refractivity contribution < 1.29 is 8.42 Å². The highest BCUT2D eigenvalue weighted by Gasteiger charge is 2.33. The number of pyridine rings is 1. The smallest absolute Gasteiger partial charge is 0.244 e. The highest BCUT2D eigenvalue weighted by atomic mass is 32.2. The van der Waals surface area contributed by atoms with Gasteiger partial charge in [0, 0.05) is 25.0 Å². The molecule has 1 atom stereocenters. The van der Waals surface area contributed by atoms with Crippen LogP contribution in [0.25, 0.3) is 0 Å². The van der Waals surface area contributed by atoms with E-state index >= 15 is 0 Å². The van der Waals surface area contributed by atoms with Gasteiger partial charge in [-0.25, -0.2) is 8.42 Å². The van der Waals surface area contributed by atoms with E-state index in [0.717, 1.165) is 32.2 Å². The van der Waals surface area contributed by atoms with E-state index in [9.17, 15) is 8.42 Å². The lowest BCUT2D eigenvalue weighted by atomic mass is 10.0. The first-order valence-corrected chi connectivity index (χ1v) is 8.16. The summed E-state index contributed by atoms with van der Waals surface area (Å²) in [5.41, 5.74) is 0. The van der Waals surface area contributed by atoms with Crippen LogP contribution in [0.3, 0.4) is 0 Å². The van der Waals surface area contributed by atoms with E-state index in [4.69, 9.17) is 0 Å². The van der Waals surface area contributed by atoms with Gasteiger partial charge in [-0.1, -0.05) is 6.42 Å². The van der Waals surface area contributed by atoms with Gasteiger partial charge in [-0.2, -0.15) is 4.31 Å². The molecule has 0 amide bonds. The van der Waals surface area contributed by atoms with Gasteiger partial charge in [0.2, 0.25) is 10.0 Å². The van der Waals surface area contributed by atoms with Crippen molar-refractivity contribution in [2.45, 2.75) is 36.6 Å². The molecule has 6 heteroatoms. The minimum atomic E-state index is -3.40. The summed E-state index contributed by atoms with van der Waals surface area (Å²) in [6.45, 7) is 1.45. The average Bonchev–Trinajstić information content (AvgIpc) is 2.46. The standard InChI is InChI=1S/C13H21N3O2S/c1-14-9-7-12-5-2-3-10-16(12)19(17,18)13-6-4-8-15-11-13/h4,6,8,11-12,14H,2-3,5,7,9-10H2,1H3. The molecule has 1 fully saturated rings. The molecule has 1 aromatic rings. The van der Waals surface area contributed by atoms with Gasteiger partial charge >= 0.3 is 0 Å². The van der Waals surface area contributed by atoms with Gasteiger partial charge in [-0.15, -0.1) is 0 Å². The third-order valence-electron chi connectivity index (χ3n) is 3.54. The number of rotatable bonds is 5. The average molecular weight is 283 g/mol. The first-order chi connectivity index (χ1) is 9.16. The Morgan fingerprint density at radius 2 is 2.32 bits per heavy atom. The second kappa shape index (κ2) is 6.45. The summed E-state index contributed by atoms with van der Waals surface area (Å²) in [6, 6.07) is 3.39. The summed E-state index contributed by atoms with van der Waals surface area (Å²) in [4.78, 5) is 4.21. The van der Waals surface area contributed by atoms with Gasteiger partial charge in [0.25, 0.3) is 0 Å². The largest absolute Gasteiger partial charge is 0.320 e. The highest BCUT2D eigenvalue weighted by Crippen LogP contribution is 2.26. The molecular formula is C13H21N3O2S. The number of piperidine rings is 1. The quantitative estimate of drug-likeness (QED) is 0.883. The number of aromatic nitrogens is 1. The molecule has 1 aliphatic heterocycles. The van der Waals surface area contributed by atoms with E-state index in [1.165, 1.54) is 6.20 Å². The third-order valence-corrected chi connectivity index (χ3v) is 5.48. The van der Waals surface area contributed by atoms with E-state index in [1.54, 1.807) is 22.6 Å². The first-order valence-electron chi connectivity index (χ1n) is 6.72. The zero-order chi connectivity index (χ0) is 13.7. The molecule has 1 aromatic heterocycles. The predicted octanol–water partition coefficient (Wildman–Crippen LogP) is 1.23. The molecule has 5 nitrogen and oxygen atoms in total. The van der Waals surface area contributed by atoms with Crippen LogP contribution in [0.1, 0.15) is 25.7 Å². The number of hydrogen-bond donors (Lipinski definition) is 1. The van der Waals surface area contributed by atoms with Gasteiger partial charge < -0.3 is 5.32 Å². The maximum Gasteiger partial charge on any atom is 0.244 e. The molecule has 0 bridgehead atoms. The van der Waals surface area contributed by atoms with Gasteiger partial charge in [0.15, 0.2) is 0 Å². The SMILES string of the molecule is CNCCC1CCCCN1S(=O)(=O)c1cccnc1. The summed E-state index contributed by atoms with van der Waals surface area (Å²) in [7, 11) is -1.51. The van der Waals surface area contributed by atoms with Crippen LogP contribution < -0.4 is 5.32 Å². The summed E-state index contributed by atoms with van der Waals surface area (Å²) in [5, 5.41) is 3.09. The normalized spacial score (nSPS) is 21.4. The van der Waals surface area contributed by atoms with Crippen LogP contribution in [0, 0.1) is 0 Å². The molecule has 1 saturated heterocycles. The third kappa shape index (κ3) is 3.32. The molecule has 1 aliphatic rings. The van der Waals surface area contributed by atoms with Crippen molar-refractivity contribution in [1.82, 2.24) is 14.6 Å². The topological polar surface area (TPSA) is 62.3 Å². The highest BCUT2D eigenvalue weighted by molar-refractivity contribution is 7.89. The maximum absolute atomic E-state index is 12.6. The van der Waals surface area contributed by atoms with Crippen molar-refractivity contribution in [3.63, 3.8) is 0 Å². The lowest BCUT2D eigenvalue weighted by molar-refractivity contribution is 0.240. The van der Waals surface area contributed by atoms with Crippen molar-refractivity contribution in [3.05, 3.63) is 24.5 Å². The Hall–Kier alpha value is -0.980. The summed E-state index contributed by atoms with van der Waals surface area (Å²) < 4.78 is 26.9. The van der Waals surface area contributed by atoms with E-state index < -0.39 is 10.0 Å². The number of sulfonamides is 1. The molecule has 2 rings (SSSR count). The fourth-order valence-corrected chi connectivity index (χ4v) is 4.21. The number of hydrogen-bond acceptors (Lipinski definition) is 4. The lowest BCUT2D eigenvalue weighted by Crippen LogP contribution is -2.44. The Morgan fingerprint density at radius 3 is 3.00 bits per heavy atom. The molecule has 19 heavy (non-hydrogen) atoms. The van der Waals surface area contributed by atoms with Gasteiger partial charge in [-0.3, -0.25) is 4.98 Å². The van der Waals surface area contributed by atoms with E-state index in [1.807, 2.05) is 7.05 Å². The van der Waals surface area contributed by atoms with Crippen LogP contribution in [0.2, 0.25) is 0 Å². The fourth-order valence-electron chi connectivity index (χ4n) is 2.52. The van der Waals surface area contributed by atoms with Crippen molar-refractivity contribution in [2.24, 2.45) is 0 Å². The molecule has 1 N–H and O–H groups in total. The molecular weight excluding hydrogens is 262 g/mol. The van der Waals surface area contributed by atoms with E-state index in [2.05, 4.69) is 10.3 Å². The second-order valence-corrected chi connectivity index (χ2v) is 6.74. The van der Waals surface area contributed by atoms with E-state index in [-0.39, 0.29) is 6.04 Å². The maximum atomic E-state index is 12.6. The van der Waals surface area contributed by atoms with E-state index in [0.29, 0.717) is 11.4 Å². The summed E-state index contributed by atoms with van der Waals surface area (Å²) in [5.74, 6) is 0. The molecule has 0 aromatic carbocycles. The molecule has 0 saturated carbocycles. The Bertz CT molecular complexity index is 490. The zero-order valence-corrected chi connectivity index (χ0v) is 12.1. The van der Waals surface area contributed by atoms with Crippen LogP contribution in [-0.4, -0.2) is 43.9 Å². The van der Waals surface area contributed by atoms with Crippen molar-refractivity contribution in [2.75, 3.05) is 20.1 Å². The van der Waals surface area contributed by atoms with Crippen molar-refractivity contribution >= 4 is 10.0 Å². The van der Waals surface area contributed by atoms with Crippen molar-refractivity contribution in [1.29, 1.82) is 0 Å². The van der Waals surface area contributed by atoms with Gasteiger partial charge in [0.1, 0.15) is 4.90 Å². The van der Waals surface area contributed by atoms with Crippen LogP contribution in [0.4, 0.5) is 0 Å². The molecule has 106 valence electrons. The van der Waals surface area contributed by atoms with Gasteiger partial charge in [0.05, 0.1) is 0 Å². The Labute approximate surface area is 115 Å². The van der Waals surface area contributed by atoms with Crippen LogP contribution in [0.5, 0.6) is 0 Å². The Balaban J connectivity index is 2.21. The first kappa shape index (κ1) is 14.4. The molecule has 0 spiro atoms. The Morgan fingerprint density at radius 1 is 1.47 bits per heavy atom. The fraction of sp³-hybridized carbons (Fsp3) is 0.615. The van der Waals surface area contributed by atoms with Crippen LogP contribution >= 0.6 is 0 Å². The number of nitrogens with one attached hydrogen (secondary N) is 1. The molecule has 2 heterocycles. The monoisotopic (exact) mass is 283 g/mol. The Kier molecular flexibility index (Phi) is 4.90. The predicted molar refractivity (Wildman–Crippen MR) is 74.3 cm³/mol. The zero-order valence-electron chi connectivity index (χ0n) is 11.2. The number of nitrogens with zero attached hydrogens (tertiary/aromatic N) is 2. The van der Waals surface area contributed by atoms with Crippen molar-refractivity contribution in [3.8, 4) is 0 Å². The minimum absolute atomic E-state index is 0.103.